The van der Waals surface area contributed by atoms with Gasteiger partial charge in [-0.3, -0.25) is 4.79 Å². The highest BCUT2D eigenvalue weighted by molar-refractivity contribution is 7.90. The molecule has 1 amide bonds. The van der Waals surface area contributed by atoms with Gasteiger partial charge in [0.1, 0.15) is 0 Å². The molecular weight excluding hydrogens is 378 g/mol. The number of hydrogen-bond donors (Lipinski definition) is 0. The predicted molar refractivity (Wildman–Crippen MR) is 107 cm³/mol. The molecule has 0 saturated carbocycles. The molecule has 0 aromatic heterocycles. The van der Waals surface area contributed by atoms with E-state index >= 15 is 0 Å². The van der Waals surface area contributed by atoms with Crippen molar-refractivity contribution in [3.63, 3.8) is 0 Å². The first-order valence-electron chi connectivity index (χ1n) is 8.91. The molecule has 0 atom stereocenters. The first kappa shape index (κ1) is 21.6. The molecule has 0 aliphatic heterocycles. The van der Waals surface area contributed by atoms with E-state index in [0.29, 0.717) is 12.1 Å². The molecule has 0 radical (unpaired) electrons. The first-order valence-corrected chi connectivity index (χ1v) is 10.8. The maximum atomic E-state index is 12.6. The van der Waals surface area contributed by atoms with Crippen molar-refractivity contribution >= 4 is 21.7 Å². The highest BCUT2D eigenvalue weighted by Gasteiger charge is 2.21. The average molecular weight is 404 g/mol. The standard InChI is InChI=1S/C21H25NO5S/c1-15(2)22(13-17-8-6-5-7-9-17)20(23)14-27-21(24)19-12-18(28(4,25)26)11-10-16(19)3/h5-12,15H,13-14H2,1-4H3. The Labute approximate surface area is 166 Å². The predicted octanol–water partition coefficient (Wildman–Crippen LogP) is 2.99. The van der Waals surface area contributed by atoms with Crippen molar-refractivity contribution in [2.24, 2.45) is 0 Å². The molecule has 6 nitrogen and oxygen atoms in total. The number of amides is 1. The highest BCUT2D eigenvalue weighted by atomic mass is 32.2. The number of rotatable bonds is 7. The Balaban J connectivity index is 2.09. The molecule has 2 aromatic rings. The van der Waals surface area contributed by atoms with Crippen LogP contribution in [0.1, 0.15) is 35.3 Å². The summed E-state index contributed by atoms with van der Waals surface area (Å²) < 4.78 is 28.6. The molecule has 0 heterocycles. The molecule has 7 heteroatoms. The molecule has 0 saturated heterocycles. The number of carbonyl (C=O) groups excluding carboxylic acids is 2. The van der Waals surface area contributed by atoms with Crippen LogP contribution in [0.3, 0.4) is 0 Å². The SMILES string of the molecule is Cc1ccc(S(C)(=O)=O)cc1C(=O)OCC(=O)N(Cc1ccccc1)C(C)C. The minimum absolute atomic E-state index is 0.0317. The van der Waals surface area contributed by atoms with Gasteiger partial charge in [0.15, 0.2) is 16.4 Å². The third kappa shape index (κ3) is 5.66. The van der Waals surface area contributed by atoms with E-state index in [4.69, 9.17) is 4.74 Å². The van der Waals surface area contributed by atoms with Crippen LogP contribution in [0.4, 0.5) is 0 Å². The van der Waals surface area contributed by atoms with Gasteiger partial charge >= 0.3 is 5.97 Å². The van der Waals surface area contributed by atoms with Crippen molar-refractivity contribution in [3.8, 4) is 0 Å². The molecule has 2 aromatic carbocycles. The number of nitrogens with zero attached hydrogens (tertiary/aromatic N) is 1. The van der Waals surface area contributed by atoms with E-state index < -0.39 is 22.4 Å². The summed E-state index contributed by atoms with van der Waals surface area (Å²) in [6.07, 6.45) is 1.07. The quantitative estimate of drug-likeness (QED) is 0.664. The number of esters is 1. The van der Waals surface area contributed by atoms with Gasteiger partial charge in [0.25, 0.3) is 5.91 Å². The Morgan fingerprint density at radius 2 is 1.71 bits per heavy atom. The van der Waals surface area contributed by atoms with E-state index in [-0.39, 0.29) is 22.4 Å². The lowest BCUT2D eigenvalue weighted by Crippen LogP contribution is -2.39. The molecule has 0 N–H and O–H groups in total. The van der Waals surface area contributed by atoms with E-state index in [9.17, 15) is 18.0 Å². The number of aryl methyl sites for hydroxylation is 1. The Kier molecular flexibility index (Phi) is 6.96. The fourth-order valence-electron chi connectivity index (χ4n) is 2.68. The molecule has 0 aliphatic carbocycles. The lowest BCUT2D eigenvalue weighted by Gasteiger charge is -2.26. The zero-order valence-electron chi connectivity index (χ0n) is 16.5. The van der Waals surface area contributed by atoms with Gasteiger partial charge in [-0.25, -0.2) is 13.2 Å². The second-order valence-electron chi connectivity index (χ2n) is 6.93. The fraction of sp³-hybridized carbons (Fsp3) is 0.333. The topological polar surface area (TPSA) is 80.7 Å². The molecule has 28 heavy (non-hydrogen) atoms. The normalized spacial score (nSPS) is 11.3. The third-order valence-corrected chi connectivity index (χ3v) is 5.43. The van der Waals surface area contributed by atoms with Crippen LogP contribution in [0.5, 0.6) is 0 Å². The van der Waals surface area contributed by atoms with Crippen LogP contribution in [0.25, 0.3) is 0 Å². The summed E-state index contributed by atoms with van der Waals surface area (Å²) in [5, 5.41) is 0. The molecular formula is C21H25NO5S. The van der Waals surface area contributed by atoms with E-state index in [1.807, 2.05) is 44.2 Å². The van der Waals surface area contributed by atoms with Gasteiger partial charge < -0.3 is 9.64 Å². The van der Waals surface area contributed by atoms with Crippen molar-refractivity contribution < 1.29 is 22.7 Å². The third-order valence-electron chi connectivity index (χ3n) is 4.32. The Morgan fingerprint density at radius 3 is 2.29 bits per heavy atom. The number of sulfone groups is 1. The minimum atomic E-state index is -3.45. The maximum Gasteiger partial charge on any atom is 0.338 e. The van der Waals surface area contributed by atoms with Crippen LogP contribution in [0.15, 0.2) is 53.4 Å². The molecule has 0 spiro atoms. The van der Waals surface area contributed by atoms with Crippen molar-refractivity contribution in [2.75, 3.05) is 12.9 Å². The number of carbonyl (C=O) groups is 2. The lowest BCUT2D eigenvalue weighted by atomic mass is 10.1. The van der Waals surface area contributed by atoms with E-state index in [1.165, 1.54) is 12.1 Å². The monoisotopic (exact) mass is 403 g/mol. The van der Waals surface area contributed by atoms with Crippen LogP contribution in [-0.2, 0) is 25.9 Å². The number of benzene rings is 2. The zero-order valence-corrected chi connectivity index (χ0v) is 17.3. The van der Waals surface area contributed by atoms with Gasteiger partial charge in [0, 0.05) is 18.8 Å². The van der Waals surface area contributed by atoms with E-state index in [0.717, 1.165) is 11.8 Å². The molecule has 0 aliphatic rings. The van der Waals surface area contributed by atoms with Gasteiger partial charge in [0.2, 0.25) is 0 Å². The number of hydrogen-bond acceptors (Lipinski definition) is 5. The largest absolute Gasteiger partial charge is 0.452 e. The fourth-order valence-corrected chi connectivity index (χ4v) is 3.33. The molecule has 0 fully saturated rings. The summed E-state index contributed by atoms with van der Waals surface area (Å²) in [7, 11) is -3.45. The van der Waals surface area contributed by atoms with Crippen molar-refractivity contribution in [1.82, 2.24) is 4.90 Å². The smallest absolute Gasteiger partial charge is 0.338 e. The Morgan fingerprint density at radius 1 is 1.07 bits per heavy atom. The molecule has 150 valence electrons. The van der Waals surface area contributed by atoms with Gasteiger partial charge in [-0.05, 0) is 44.0 Å². The van der Waals surface area contributed by atoms with Crippen molar-refractivity contribution in [1.29, 1.82) is 0 Å². The average Bonchev–Trinajstić information content (AvgIpc) is 2.64. The van der Waals surface area contributed by atoms with Gasteiger partial charge in [-0.1, -0.05) is 36.4 Å². The van der Waals surface area contributed by atoms with Crippen LogP contribution in [-0.4, -0.2) is 44.1 Å². The molecule has 0 unspecified atom stereocenters. The Hall–Kier alpha value is -2.67. The van der Waals surface area contributed by atoms with Crippen molar-refractivity contribution in [2.45, 2.75) is 38.3 Å². The van der Waals surface area contributed by atoms with Gasteiger partial charge in [-0.15, -0.1) is 0 Å². The van der Waals surface area contributed by atoms with Crippen LogP contribution >= 0.6 is 0 Å². The summed E-state index contributed by atoms with van der Waals surface area (Å²) in [5.41, 5.74) is 1.69. The summed E-state index contributed by atoms with van der Waals surface area (Å²) in [6, 6.07) is 13.7. The zero-order chi connectivity index (χ0) is 20.9. The van der Waals surface area contributed by atoms with Crippen molar-refractivity contribution in [3.05, 3.63) is 65.2 Å². The second kappa shape index (κ2) is 9.01. The highest BCUT2D eigenvalue weighted by Crippen LogP contribution is 2.17. The lowest BCUT2D eigenvalue weighted by molar-refractivity contribution is -0.136. The first-order chi connectivity index (χ1) is 13.1. The van der Waals surface area contributed by atoms with Crippen LogP contribution in [0.2, 0.25) is 0 Å². The van der Waals surface area contributed by atoms with Crippen LogP contribution < -0.4 is 0 Å². The molecule has 2 rings (SSSR count). The Bertz CT molecular complexity index is 952. The van der Waals surface area contributed by atoms with E-state index in [2.05, 4.69) is 0 Å². The number of ether oxygens (including phenoxy) is 1. The van der Waals surface area contributed by atoms with E-state index in [1.54, 1.807) is 17.9 Å². The van der Waals surface area contributed by atoms with Gasteiger partial charge in [-0.2, -0.15) is 0 Å². The van der Waals surface area contributed by atoms with Gasteiger partial charge in [0.05, 0.1) is 10.5 Å². The summed E-state index contributed by atoms with van der Waals surface area (Å²) >= 11 is 0. The summed E-state index contributed by atoms with van der Waals surface area (Å²) in [6.45, 7) is 5.47. The summed E-state index contributed by atoms with van der Waals surface area (Å²) in [5.74, 6) is -1.04. The maximum absolute atomic E-state index is 12.6. The van der Waals surface area contributed by atoms with Crippen LogP contribution in [0, 0.1) is 6.92 Å². The molecule has 0 bridgehead atoms. The minimum Gasteiger partial charge on any atom is -0.452 e. The summed E-state index contributed by atoms with van der Waals surface area (Å²) in [4.78, 5) is 26.7. The second-order valence-corrected chi connectivity index (χ2v) is 8.94.